The van der Waals surface area contributed by atoms with Crippen molar-refractivity contribution < 1.29 is 4.79 Å². The summed E-state index contributed by atoms with van der Waals surface area (Å²) < 4.78 is 0. The molecule has 0 fully saturated rings. The van der Waals surface area contributed by atoms with E-state index in [1.807, 2.05) is 34.6 Å². The molecule has 0 radical (unpaired) electrons. The fourth-order valence-electron chi connectivity index (χ4n) is 1.60. The maximum Gasteiger partial charge on any atom is 0.217 e. The van der Waals surface area contributed by atoms with E-state index in [0.29, 0.717) is 11.5 Å². The summed E-state index contributed by atoms with van der Waals surface area (Å²) >= 11 is 5.26. The zero-order chi connectivity index (χ0) is 17.2. The number of nitrogens with two attached hydrogens (primary N) is 1. The Morgan fingerprint density at radius 3 is 2.18 bits per heavy atom. The molecule has 0 atom stereocenters. The second-order valence-corrected chi connectivity index (χ2v) is 7.35. The summed E-state index contributed by atoms with van der Waals surface area (Å²) in [4.78, 5) is 10.6. The third kappa shape index (κ3) is 13.7. The summed E-state index contributed by atoms with van der Waals surface area (Å²) in [5.41, 5.74) is 4.37. The molecule has 7 heteroatoms. The molecule has 0 heterocycles. The molecule has 0 spiro atoms. The molecule has 128 valence electrons. The number of hydrogen-bond donors (Lipinski definition) is 3. The fraction of sp³-hybridized carbons (Fsp3) is 0.867. The van der Waals surface area contributed by atoms with Crippen LogP contribution in [0.3, 0.4) is 0 Å². The minimum atomic E-state index is -0.529. The van der Waals surface area contributed by atoms with Gasteiger partial charge in [0, 0.05) is 13.0 Å². The number of carbonyl (C=O) groups is 1. The van der Waals surface area contributed by atoms with Gasteiger partial charge in [-0.2, -0.15) is 10.2 Å². The van der Waals surface area contributed by atoms with Crippen LogP contribution in [0, 0.1) is 0 Å². The molecule has 4 N–H and O–H groups in total. The van der Waals surface area contributed by atoms with Crippen molar-refractivity contribution in [2.75, 3.05) is 6.54 Å². The number of rotatable bonds is 9. The maximum absolute atomic E-state index is 10.6. The number of unbranched alkanes of at least 4 members (excludes halogenated alkanes) is 3. The predicted octanol–water partition coefficient (Wildman–Crippen LogP) is 2.87. The molecular weight excluding hydrogens is 298 g/mol. The van der Waals surface area contributed by atoms with Crippen molar-refractivity contribution in [1.29, 1.82) is 0 Å². The zero-order valence-electron chi connectivity index (χ0n) is 14.5. The van der Waals surface area contributed by atoms with Crippen molar-refractivity contribution in [3.63, 3.8) is 0 Å². The summed E-state index contributed by atoms with van der Waals surface area (Å²) in [5.74, 6) is -0.227. The maximum atomic E-state index is 10.6. The number of azo groups is 1. The monoisotopic (exact) mass is 329 g/mol. The Balaban J connectivity index is 3.85. The Morgan fingerprint density at radius 2 is 1.64 bits per heavy atom. The summed E-state index contributed by atoms with van der Waals surface area (Å²) in [5, 5.41) is 15.4. The third-order valence-corrected chi connectivity index (χ3v) is 2.90. The van der Waals surface area contributed by atoms with E-state index in [9.17, 15) is 4.79 Å². The topological polar surface area (TPSA) is 91.9 Å². The van der Waals surface area contributed by atoms with Gasteiger partial charge in [-0.1, -0.05) is 12.8 Å². The van der Waals surface area contributed by atoms with E-state index in [0.717, 1.165) is 32.2 Å². The molecule has 1 amide bonds. The van der Waals surface area contributed by atoms with E-state index in [2.05, 4.69) is 20.9 Å². The lowest BCUT2D eigenvalue weighted by molar-refractivity contribution is -0.118. The lowest BCUT2D eigenvalue weighted by atomic mass is 10.1. The third-order valence-electron chi connectivity index (χ3n) is 2.65. The first-order chi connectivity index (χ1) is 10.0. The highest BCUT2D eigenvalue weighted by atomic mass is 32.1. The lowest BCUT2D eigenvalue weighted by Crippen LogP contribution is -2.47. The minimum absolute atomic E-state index is 0.196. The molecule has 0 aliphatic carbocycles. The van der Waals surface area contributed by atoms with Crippen LogP contribution in [-0.2, 0) is 4.79 Å². The highest BCUT2D eigenvalue weighted by Crippen LogP contribution is 2.12. The van der Waals surface area contributed by atoms with Gasteiger partial charge in [0.05, 0.1) is 5.54 Å². The highest BCUT2D eigenvalue weighted by molar-refractivity contribution is 7.80. The van der Waals surface area contributed by atoms with Gasteiger partial charge in [-0.05, 0) is 59.7 Å². The van der Waals surface area contributed by atoms with E-state index in [4.69, 9.17) is 18.0 Å². The van der Waals surface area contributed by atoms with Gasteiger partial charge in [0.15, 0.2) is 5.11 Å². The number of nitrogens with zero attached hydrogens (tertiary/aromatic N) is 2. The second kappa shape index (κ2) is 9.71. The molecule has 0 rings (SSSR count). The largest absolute Gasteiger partial charge is 0.370 e. The molecule has 0 unspecified atom stereocenters. The number of primary amides is 1. The summed E-state index contributed by atoms with van der Waals surface area (Å²) in [6.45, 7) is 10.7. The lowest BCUT2D eigenvalue weighted by Gasteiger charge is -2.24. The smallest absolute Gasteiger partial charge is 0.217 e. The van der Waals surface area contributed by atoms with E-state index in [1.54, 1.807) is 0 Å². The van der Waals surface area contributed by atoms with Crippen LogP contribution in [0.1, 0.15) is 66.7 Å². The van der Waals surface area contributed by atoms with Gasteiger partial charge in [-0.3, -0.25) is 4.79 Å². The number of amides is 1. The number of thiocarbonyl (C=S) groups is 1. The van der Waals surface area contributed by atoms with E-state index >= 15 is 0 Å². The second-order valence-electron chi connectivity index (χ2n) is 6.94. The first kappa shape index (κ1) is 20.8. The number of carbonyl (C=O) groups excluding carboxylic acids is 1. The molecule has 22 heavy (non-hydrogen) atoms. The van der Waals surface area contributed by atoms with Crippen molar-refractivity contribution >= 4 is 23.2 Å². The van der Waals surface area contributed by atoms with Crippen LogP contribution in [0.4, 0.5) is 0 Å². The van der Waals surface area contributed by atoms with E-state index < -0.39 is 5.66 Å². The van der Waals surface area contributed by atoms with Crippen LogP contribution in [0.5, 0.6) is 0 Å². The molecule has 6 nitrogen and oxygen atoms in total. The van der Waals surface area contributed by atoms with Crippen molar-refractivity contribution in [2.24, 2.45) is 16.0 Å². The van der Waals surface area contributed by atoms with Crippen LogP contribution in [0.2, 0.25) is 0 Å². The SMILES string of the molecule is CC(C)(C)N=NC(C)(C)NC(=S)NCCCCCCC(N)=O. The Kier molecular flexibility index (Phi) is 9.16. The minimum Gasteiger partial charge on any atom is -0.370 e. The number of hydrogen-bond acceptors (Lipinski definition) is 4. The molecule has 0 bridgehead atoms. The van der Waals surface area contributed by atoms with Gasteiger partial charge in [-0.15, -0.1) is 0 Å². The zero-order valence-corrected chi connectivity index (χ0v) is 15.3. The average Bonchev–Trinajstić information content (AvgIpc) is 2.34. The Hall–Kier alpha value is -1.24. The van der Waals surface area contributed by atoms with Crippen molar-refractivity contribution in [3.05, 3.63) is 0 Å². The van der Waals surface area contributed by atoms with Crippen LogP contribution in [0.25, 0.3) is 0 Å². The van der Waals surface area contributed by atoms with Crippen molar-refractivity contribution in [1.82, 2.24) is 10.6 Å². The van der Waals surface area contributed by atoms with Crippen molar-refractivity contribution in [3.8, 4) is 0 Å². The van der Waals surface area contributed by atoms with E-state index in [-0.39, 0.29) is 11.4 Å². The standard InChI is InChI=1S/C15H31N5OS/c1-14(2,3)19-20-15(4,5)18-13(22)17-11-9-7-6-8-10-12(16)21/h6-11H2,1-5H3,(H2,16,21)(H2,17,18,22). The normalized spacial score (nSPS) is 12.4. The van der Waals surface area contributed by atoms with Gasteiger partial charge < -0.3 is 16.4 Å². The summed E-state index contributed by atoms with van der Waals surface area (Å²) in [7, 11) is 0. The highest BCUT2D eigenvalue weighted by Gasteiger charge is 2.19. The average molecular weight is 330 g/mol. The van der Waals surface area contributed by atoms with Gasteiger partial charge >= 0.3 is 0 Å². The summed E-state index contributed by atoms with van der Waals surface area (Å²) in [6, 6.07) is 0. The molecular formula is C15H31N5OS. The predicted molar refractivity (Wildman–Crippen MR) is 94.7 cm³/mol. The van der Waals surface area contributed by atoms with Gasteiger partial charge in [0.25, 0.3) is 0 Å². The van der Waals surface area contributed by atoms with Gasteiger partial charge in [0.2, 0.25) is 5.91 Å². The number of nitrogens with one attached hydrogen (secondary N) is 2. The molecule has 0 aromatic carbocycles. The molecule has 0 saturated heterocycles. The molecule has 0 aromatic rings. The van der Waals surface area contributed by atoms with Crippen LogP contribution < -0.4 is 16.4 Å². The first-order valence-electron chi connectivity index (χ1n) is 7.80. The Labute approximate surface area is 139 Å². The molecule has 0 saturated carbocycles. The van der Waals surface area contributed by atoms with Crippen molar-refractivity contribution in [2.45, 2.75) is 77.9 Å². The quantitative estimate of drug-likeness (QED) is 0.344. The van der Waals surface area contributed by atoms with Crippen LogP contribution in [-0.4, -0.2) is 28.8 Å². The molecule has 0 aromatic heterocycles. The van der Waals surface area contributed by atoms with Crippen LogP contribution in [0.15, 0.2) is 10.2 Å². The Bertz CT molecular complexity index is 388. The van der Waals surface area contributed by atoms with Gasteiger partial charge in [-0.25, -0.2) is 0 Å². The van der Waals surface area contributed by atoms with E-state index in [1.165, 1.54) is 0 Å². The fourth-order valence-corrected chi connectivity index (χ4v) is 1.95. The summed E-state index contributed by atoms with van der Waals surface area (Å²) in [6.07, 6.45) is 4.40. The van der Waals surface area contributed by atoms with Gasteiger partial charge in [0.1, 0.15) is 5.66 Å². The molecule has 0 aliphatic heterocycles. The Morgan fingerprint density at radius 1 is 1.05 bits per heavy atom. The first-order valence-corrected chi connectivity index (χ1v) is 8.21. The molecule has 0 aliphatic rings. The van der Waals surface area contributed by atoms with Crippen LogP contribution >= 0.6 is 12.2 Å².